The number of aliphatic hydroxyl groups is 2. The number of nitrogens with two attached hydrogens (primary N) is 1. The predicted molar refractivity (Wildman–Crippen MR) is 61.3 cm³/mol. The van der Waals surface area contributed by atoms with Gasteiger partial charge >= 0.3 is 6.08 Å². The molecule has 0 aromatic carbocycles. The van der Waals surface area contributed by atoms with Gasteiger partial charge in [0.25, 0.3) is 0 Å². The maximum atomic E-state index is 13.2. The Morgan fingerprint density at radius 3 is 2.95 bits per heavy atom. The molecule has 1 saturated heterocycles. The third-order valence-corrected chi connectivity index (χ3v) is 3.29. The lowest BCUT2D eigenvalue weighted by molar-refractivity contribution is -0.107. The number of hydrogen-bond acceptors (Lipinski definition) is 7. The molecule has 0 radical (unpaired) electrons. The van der Waals surface area contributed by atoms with Gasteiger partial charge < -0.3 is 20.7 Å². The molecule has 0 saturated carbocycles. The molecular weight excluding hydrogens is 257 g/mol. The Kier molecular flexibility index (Phi) is 2.46. The van der Waals surface area contributed by atoms with Crippen molar-refractivity contribution in [1.82, 2.24) is 19.5 Å². The van der Waals surface area contributed by atoms with Crippen LogP contribution in [-0.4, -0.2) is 48.5 Å². The topological polar surface area (TPSA) is 119 Å². The van der Waals surface area contributed by atoms with Gasteiger partial charge in [-0.15, -0.1) is 0 Å². The summed E-state index contributed by atoms with van der Waals surface area (Å²) < 4.78 is 19.6. The van der Waals surface area contributed by atoms with E-state index in [1.165, 1.54) is 6.33 Å². The van der Waals surface area contributed by atoms with Crippen molar-refractivity contribution in [3.05, 3.63) is 12.4 Å². The molecule has 3 atom stereocenters. The highest BCUT2D eigenvalue weighted by Gasteiger charge is 2.48. The normalized spacial score (nSPS) is 31.2. The lowest BCUT2D eigenvalue weighted by Crippen LogP contribution is -2.45. The summed E-state index contributed by atoms with van der Waals surface area (Å²) in [5, 5.41) is 20.5. The Balaban J connectivity index is 2.21. The summed E-state index contributed by atoms with van der Waals surface area (Å²) in [6.07, 6.45) is -1.56. The molecule has 1 aliphatic heterocycles. The van der Waals surface area contributed by atoms with Crippen molar-refractivity contribution in [3.8, 4) is 0 Å². The van der Waals surface area contributed by atoms with Crippen LogP contribution in [-0.2, 0) is 10.5 Å². The van der Waals surface area contributed by atoms with E-state index in [9.17, 15) is 14.6 Å². The van der Waals surface area contributed by atoms with Crippen molar-refractivity contribution in [1.29, 1.82) is 0 Å². The Morgan fingerprint density at radius 1 is 1.58 bits per heavy atom. The lowest BCUT2D eigenvalue weighted by Gasteiger charge is -2.27. The van der Waals surface area contributed by atoms with E-state index in [1.807, 2.05) is 0 Å². The number of halogens is 1. The molecule has 4 N–H and O–H groups in total. The average molecular weight is 269 g/mol. The maximum Gasteiger partial charge on any atom is 0.312 e. The minimum Gasteiger partial charge on any atom is -0.385 e. The number of nitrogen functional groups attached to an aromatic ring is 1. The van der Waals surface area contributed by atoms with Crippen molar-refractivity contribution < 1.29 is 19.3 Å². The minimum atomic E-state index is -1.76. The monoisotopic (exact) mass is 269 g/mol. The second-order valence-electron chi connectivity index (χ2n) is 4.50. The molecule has 102 valence electrons. The molecule has 19 heavy (non-hydrogen) atoms. The number of fused-ring (bicyclic) bond motifs is 1. The first kappa shape index (κ1) is 12.2. The molecule has 0 bridgehead atoms. The van der Waals surface area contributed by atoms with Crippen LogP contribution in [0.1, 0.15) is 6.92 Å². The number of aliphatic hydroxyl groups excluding tert-OH is 1. The molecule has 0 amide bonds. The summed E-state index contributed by atoms with van der Waals surface area (Å²) in [5.74, 6) is -0.133. The van der Waals surface area contributed by atoms with Crippen LogP contribution in [0.5, 0.6) is 0 Å². The van der Waals surface area contributed by atoms with Gasteiger partial charge in [-0.25, -0.2) is 4.98 Å². The Morgan fingerprint density at radius 2 is 2.32 bits per heavy atom. The zero-order valence-electron chi connectivity index (χ0n) is 9.99. The molecular formula is C10H12FN5O3. The fraction of sp³-hybridized carbons (Fsp3) is 0.500. The molecule has 9 heteroatoms. The smallest absolute Gasteiger partial charge is 0.312 e. The van der Waals surface area contributed by atoms with Gasteiger partial charge in [-0.2, -0.15) is 14.4 Å². The van der Waals surface area contributed by atoms with E-state index in [4.69, 9.17) is 10.5 Å². The first-order chi connectivity index (χ1) is 8.93. The van der Waals surface area contributed by atoms with Crippen LogP contribution in [0.4, 0.5) is 10.2 Å². The summed E-state index contributed by atoms with van der Waals surface area (Å²) in [4.78, 5) is 10.8. The van der Waals surface area contributed by atoms with E-state index < -0.39 is 24.0 Å². The van der Waals surface area contributed by atoms with Crippen molar-refractivity contribution in [2.45, 2.75) is 24.9 Å². The Hall–Kier alpha value is -1.84. The van der Waals surface area contributed by atoms with Gasteiger partial charge in [0.1, 0.15) is 6.10 Å². The predicted octanol–water partition coefficient (Wildman–Crippen LogP) is -1.03. The molecule has 8 nitrogen and oxygen atoms in total. The molecule has 0 unspecified atom stereocenters. The molecule has 3 rings (SSSR count). The van der Waals surface area contributed by atoms with Gasteiger partial charge in [0.2, 0.25) is 0 Å². The fourth-order valence-corrected chi connectivity index (χ4v) is 2.20. The van der Waals surface area contributed by atoms with E-state index >= 15 is 0 Å². The summed E-state index contributed by atoms with van der Waals surface area (Å²) in [6.45, 7) is 1.46. The molecule has 1 aliphatic rings. The van der Waals surface area contributed by atoms with Crippen LogP contribution in [0.15, 0.2) is 6.33 Å². The number of aromatic nitrogens is 4. The zero-order valence-corrected chi connectivity index (χ0v) is 9.99. The first-order valence-electron chi connectivity index (χ1n) is 5.62. The number of nitrogens with zero attached hydrogens (tertiary/aromatic N) is 4. The highest BCUT2D eigenvalue weighted by atomic mass is 19.1. The van der Waals surface area contributed by atoms with Crippen molar-refractivity contribution in [3.63, 3.8) is 0 Å². The van der Waals surface area contributed by atoms with Crippen molar-refractivity contribution in [2.24, 2.45) is 0 Å². The highest BCUT2D eigenvalue weighted by Crippen LogP contribution is 2.32. The van der Waals surface area contributed by atoms with Crippen LogP contribution in [0.2, 0.25) is 0 Å². The van der Waals surface area contributed by atoms with E-state index in [-0.39, 0.29) is 23.6 Å². The van der Waals surface area contributed by atoms with Gasteiger partial charge in [0, 0.05) is 0 Å². The van der Waals surface area contributed by atoms with Gasteiger partial charge in [-0.3, -0.25) is 4.57 Å². The Bertz CT molecular complexity index is 647. The van der Waals surface area contributed by atoms with E-state index in [0.29, 0.717) is 0 Å². The third kappa shape index (κ3) is 1.59. The van der Waals surface area contributed by atoms with Crippen LogP contribution in [0.25, 0.3) is 11.2 Å². The number of rotatable bonds is 1. The summed E-state index contributed by atoms with van der Waals surface area (Å²) in [6, 6.07) is 0. The van der Waals surface area contributed by atoms with Gasteiger partial charge in [0.15, 0.2) is 22.7 Å². The molecule has 3 heterocycles. The molecule has 0 spiro atoms. The molecule has 1 fully saturated rings. The summed E-state index contributed by atoms with van der Waals surface area (Å²) in [5.41, 5.74) is 3.93. The lowest BCUT2D eigenvalue weighted by atomic mass is 10.1. The van der Waals surface area contributed by atoms with Crippen molar-refractivity contribution >= 4 is 17.0 Å². The fourth-order valence-electron chi connectivity index (χ4n) is 2.20. The van der Waals surface area contributed by atoms with Gasteiger partial charge in [0.05, 0.1) is 19.0 Å². The molecule has 2 aromatic heterocycles. The SMILES string of the molecule is C[C@H]1OC[C@](O)(n2cnc3c(N)nc(F)nc32)[C@@H]1O. The second-order valence-corrected chi connectivity index (χ2v) is 4.50. The largest absolute Gasteiger partial charge is 0.385 e. The van der Waals surface area contributed by atoms with E-state index in [2.05, 4.69) is 15.0 Å². The molecule has 2 aromatic rings. The first-order valence-corrected chi connectivity index (χ1v) is 5.62. The minimum absolute atomic E-state index is 0.00394. The van der Waals surface area contributed by atoms with E-state index in [0.717, 1.165) is 4.57 Å². The number of anilines is 1. The number of imidazole rings is 1. The summed E-state index contributed by atoms with van der Waals surface area (Å²) in [7, 11) is 0. The van der Waals surface area contributed by atoms with Crippen LogP contribution in [0.3, 0.4) is 0 Å². The second kappa shape index (κ2) is 3.83. The quantitative estimate of drug-likeness (QED) is 0.566. The standard InChI is InChI=1S/C10H12FN5O3/c1-4-6(17)10(18,2-19-4)16-3-13-5-7(12)14-9(11)15-8(5)16/h3-4,6,17-18H,2H2,1H3,(H2,12,14,15)/t4-,6-,10-/m1/s1. The zero-order chi connectivity index (χ0) is 13.8. The van der Waals surface area contributed by atoms with Gasteiger partial charge in [-0.1, -0.05) is 0 Å². The number of hydrogen-bond donors (Lipinski definition) is 3. The van der Waals surface area contributed by atoms with Gasteiger partial charge in [-0.05, 0) is 6.92 Å². The maximum absolute atomic E-state index is 13.2. The van der Waals surface area contributed by atoms with Crippen LogP contribution >= 0.6 is 0 Å². The average Bonchev–Trinajstić information content (AvgIpc) is 2.88. The molecule has 0 aliphatic carbocycles. The number of ether oxygens (including phenoxy) is 1. The van der Waals surface area contributed by atoms with Crippen molar-refractivity contribution in [2.75, 3.05) is 12.3 Å². The van der Waals surface area contributed by atoms with E-state index in [1.54, 1.807) is 6.92 Å². The van der Waals surface area contributed by atoms with Crippen LogP contribution < -0.4 is 5.73 Å². The third-order valence-electron chi connectivity index (χ3n) is 3.29. The highest BCUT2D eigenvalue weighted by molar-refractivity contribution is 5.81. The Labute approximate surface area is 106 Å². The summed E-state index contributed by atoms with van der Waals surface area (Å²) >= 11 is 0. The van der Waals surface area contributed by atoms with Crippen LogP contribution in [0, 0.1) is 6.08 Å².